The van der Waals surface area contributed by atoms with Crippen molar-refractivity contribution in [1.82, 2.24) is 0 Å². The molecule has 0 saturated carbocycles. The molecule has 2 atom stereocenters. The van der Waals surface area contributed by atoms with Crippen molar-refractivity contribution >= 4 is 29.5 Å². The molecular formula is C20H16O3. The van der Waals surface area contributed by atoms with Gasteiger partial charge in [-0.05, 0) is 35.4 Å². The van der Waals surface area contributed by atoms with E-state index in [1.807, 2.05) is 18.2 Å². The van der Waals surface area contributed by atoms with E-state index in [9.17, 15) is 14.4 Å². The molecule has 3 aliphatic rings. The number of hydrogen-bond acceptors (Lipinski definition) is 3. The summed E-state index contributed by atoms with van der Waals surface area (Å²) in [6.45, 7) is 1.32. The molecule has 4 rings (SSSR count). The van der Waals surface area contributed by atoms with Crippen LogP contribution >= 0.6 is 0 Å². The first-order valence-corrected chi connectivity index (χ1v) is 7.84. The molecule has 0 N–H and O–H groups in total. The first-order chi connectivity index (χ1) is 11.0. The van der Waals surface area contributed by atoms with E-state index in [0.29, 0.717) is 12.0 Å². The summed E-state index contributed by atoms with van der Waals surface area (Å²) >= 11 is 0. The number of hydrogen-bond donors (Lipinski definition) is 0. The van der Waals surface area contributed by atoms with E-state index in [-0.39, 0.29) is 29.7 Å². The highest BCUT2D eigenvalue weighted by atomic mass is 16.2. The molecule has 3 aliphatic carbocycles. The Morgan fingerprint density at radius 1 is 1.09 bits per heavy atom. The Kier molecular flexibility index (Phi) is 3.05. The van der Waals surface area contributed by atoms with Crippen molar-refractivity contribution in [3.8, 4) is 0 Å². The average Bonchev–Trinajstić information content (AvgIpc) is 2.51. The molecule has 0 aliphatic heterocycles. The lowest BCUT2D eigenvalue weighted by Crippen LogP contribution is -2.38. The van der Waals surface area contributed by atoms with Crippen molar-refractivity contribution in [2.24, 2.45) is 11.8 Å². The molecule has 23 heavy (non-hydrogen) atoms. The second kappa shape index (κ2) is 4.98. The molecule has 1 aromatic rings. The molecule has 3 nitrogen and oxygen atoms in total. The standard InChI is InChI=1S/C20H16O3/c1-11(21)19-18(22)10-16-8-14-6-12-4-2-3-5-13(12)7-15(14)9-17(16)20(19)23/h2-7,9,14,19H,8,10H2,1H3. The van der Waals surface area contributed by atoms with Crippen LogP contribution in [-0.2, 0) is 14.4 Å². The molecule has 0 heterocycles. The van der Waals surface area contributed by atoms with Crippen LogP contribution in [-0.4, -0.2) is 17.3 Å². The maximum Gasteiger partial charge on any atom is 0.180 e. The SMILES string of the molecule is CC(=O)C1C(=O)CC2=C(C=C3C=c4ccccc4=CC3C2)C1=O. The number of rotatable bonds is 1. The third kappa shape index (κ3) is 2.15. The van der Waals surface area contributed by atoms with Crippen LogP contribution in [0.4, 0.5) is 0 Å². The van der Waals surface area contributed by atoms with E-state index in [2.05, 4.69) is 24.3 Å². The summed E-state index contributed by atoms with van der Waals surface area (Å²) in [6, 6.07) is 8.14. The van der Waals surface area contributed by atoms with Gasteiger partial charge in [0, 0.05) is 17.9 Å². The maximum absolute atomic E-state index is 12.6. The van der Waals surface area contributed by atoms with Gasteiger partial charge in [-0.1, -0.05) is 42.0 Å². The van der Waals surface area contributed by atoms with Gasteiger partial charge in [0.1, 0.15) is 11.7 Å². The topological polar surface area (TPSA) is 51.2 Å². The Morgan fingerprint density at radius 2 is 1.83 bits per heavy atom. The van der Waals surface area contributed by atoms with Gasteiger partial charge in [0.25, 0.3) is 0 Å². The summed E-state index contributed by atoms with van der Waals surface area (Å²) in [5.41, 5.74) is 2.56. The Balaban J connectivity index is 1.83. The van der Waals surface area contributed by atoms with Crippen LogP contribution in [0.25, 0.3) is 12.2 Å². The molecular weight excluding hydrogens is 288 g/mol. The monoisotopic (exact) mass is 304 g/mol. The third-order valence-corrected chi connectivity index (χ3v) is 4.93. The maximum atomic E-state index is 12.6. The van der Waals surface area contributed by atoms with Gasteiger partial charge in [0.05, 0.1) is 0 Å². The van der Waals surface area contributed by atoms with E-state index in [1.54, 1.807) is 0 Å². The normalized spacial score (nSPS) is 25.5. The zero-order valence-electron chi connectivity index (χ0n) is 12.8. The number of Topliss-reactive ketones (excluding diaryl/α,β-unsaturated/α-hetero) is 3. The molecule has 3 heteroatoms. The molecule has 0 fully saturated rings. The first kappa shape index (κ1) is 14.1. The molecule has 0 radical (unpaired) electrons. The van der Waals surface area contributed by atoms with Crippen LogP contribution in [0.5, 0.6) is 0 Å². The number of fused-ring (bicyclic) bond motifs is 2. The predicted molar refractivity (Wildman–Crippen MR) is 86.6 cm³/mol. The van der Waals surface area contributed by atoms with E-state index < -0.39 is 5.92 Å². The lowest BCUT2D eigenvalue weighted by Gasteiger charge is -2.30. The van der Waals surface area contributed by atoms with Gasteiger partial charge in [0.15, 0.2) is 11.6 Å². The van der Waals surface area contributed by atoms with Gasteiger partial charge >= 0.3 is 0 Å². The van der Waals surface area contributed by atoms with Gasteiger partial charge < -0.3 is 0 Å². The van der Waals surface area contributed by atoms with Crippen LogP contribution in [0, 0.1) is 11.8 Å². The zero-order valence-corrected chi connectivity index (χ0v) is 12.8. The predicted octanol–water partition coefficient (Wildman–Crippen LogP) is 1.25. The Labute approximate surface area is 133 Å². The Hall–Kier alpha value is -2.55. The smallest absolute Gasteiger partial charge is 0.180 e. The van der Waals surface area contributed by atoms with Crippen LogP contribution < -0.4 is 10.4 Å². The summed E-state index contributed by atoms with van der Waals surface area (Å²) in [7, 11) is 0. The van der Waals surface area contributed by atoms with Crippen molar-refractivity contribution in [2.75, 3.05) is 0 Å². The minimum atomic E-state index is -1.10. The number of benzene rings is 1. The summed E-state index contributed by atoms with van der Waals surface area (Å²) in [5.74, 6) is -1.81. The third-order valence-electron chi connectivity index (χ3n) is 4.93. The van der Waals surface area contributed by atoms with Crippen molar-refractivity contribution in [3.63, 3.8) is 0 Å². The zero-order chi connectivity index (χ0) is 16.1. The molecule has 0 bridgehead atoms. The number of ketones is 3. The fraction of sp³-hybridized carbons (Fsp3) is 0.250. The highest BCUT2D eigenvalue weighted by molar-refractivity contribution is 6.27. The van der Waals surface area contributed by atoms with Gasteiger partial charge in [0.2, 0.25) is 0 Å². The molecule has 2 unspecified atom stereocenters. The highest BCUT2D eigenvalue weighted by Gasteiger charge is 2.40. The second-order valence-electron chi connectivity index (χ2n) is 6.46. The van der Waals surface area contributed by atoms with E-state index in [4.69, 9.17) is 0 Å². The van der Waals surface area contributed by atoms with Crippen molar-refractivity contribution in [1.29, 1.82) is 0 Å². The van der Waals surface area contributed by atoms with E-state index in [1.165, 1.54) is 12.1 Å². The fourth-order valence-electron chi connectivity index (χ4n) is 3.80. The van der Waals surface area contributed by atoms with Gasteiger partial charge in [-0.3, -0.25) is 14.4 Å². The van der Waals surface area contributed by atoms with Gasteiger partial charge in [-0.15, -0.1) is 0 Å². The molecule has 0 amide bonds. The summed E-state index contributed by atoms with van der Waals surface area (Å²) < 4.78 is 0. The minimum Gasteiger partial charge on any atom is -0.299 e. The lowest BCUT2D eigenvalue weighted by atomic mass is 9.71. The number of carbonyl (C=O) groups excluding carboxylic acids is 3. The van der Waals surface area contributed by atoms with Crippen molar-refractivity contribution in [3.05, 3.63) is 57.5 Å². The van der Waals surface area contributed by atoms with Crippen LogP contribution in [0.3, 0.4) is 0 Å². The van der Waals surface area contributed by atoms with Crippen LogP contribution in [0.1, 0.15) is 19.8 Å². The number of allylic oxidation sites excluding steroid dienone is 4. The van der Waals surface area contributed by atoms with Crippen LogP contribution in [0.2, 0.25) is 0 Å². The summed E-state index contributed by atoms with van der Waals surface area (Å²) in [6.07, 6.45) is 7.11. The molecule has 114 valence electrons. The summed E-state index contributed by atoms with van der Waals surface area (Å²) in [5, 5.41) is 2.33. The van der Waals surface area contributed by atoms with Crippen molar-refractivity contribution in [2.45, 2.75) is 19.8 Å². The molecule has 0 spiro atoms. The Bertz CT molecular complexity index is 943. The quantitative estimate of drug-likeness (QED) is 0.734. The summed E-state index contributed by atoms with van der Waals surface area (Å²) in [4.78, 5) is 36.4. The first-order valence-electron chi connectivity index (χ1n) is 7.84. The van der Waals surface area contributed by atoms with Crippen LogP contribution in [0.15, 0.2) is 47.1 Å². The molecule has 0 aromatic heterocycles. The van der Waals surface area contributed by atoms with Gasteiger partial charge in [-0.2, -0.15) is 0 Å². The Morgan fingerprint density at radius 3 is 2.57 bits per heavy atom. The largest absolute Gasteiger partial charge is 0.299 e. The second-order valence-corrected chi connectivity index (χ2v) is 6.46. The lowest BCUT2D eigenvalue weighted by molar-refractivity contribution is -0.138. The molecule has 1 aromatic carbocycles. The van der Waals surface area contributed by atoms with E-state index >= 15 is 0 Å². The fourth-order valence-corrected chi connectivity index (χ4v) is 3.80. The highest BCUT2D eigenvalue weighted by Crippen LogP contribution is 2.38. The van der Waals surface area contributed by atoms with Gasteiger partial charge in [-0.25, -0.2) is 0 Å². The van der Waals surface area contributed by atoms with Crippen molar-refractivity contribution < 1.29 is 14.4 Å². The minimum absolute atomic E-state index is 0.207. The number of carbonyl (C=O) groups is 3. The average molecular weight is 304 g/mol. The van der Waals surface area contributed by atoms with E-state index in [0.717, 1.165) is 16.4 Å². The molecule has 0 saturated heterocycles.